The van der Waals surface area contributed by atoms with Crippen LogP contribution in [0.25, 0.3) is 0 Å². The van der Waals surface area contributed by atoms with Crippen molar-refractivity contribution in [3.8, 4) is 6.07 Å². The average molecular weight is 464 g/mol. The van der Waals surface area contributed by atoms with Crippen molar-refractivity contribution in [1.29, 1.82) is 5.26 Å². The van der Waals surface area contributed by atoms with Gasteiger partial charge in [0.15, 0.2) is 0 Å². The molecule has 34 heavy (non-hydrogen) atoms. The van der Waals surface area contributed by atoms with E-state index in [1.807, 2.05) is 47.6 Å². The number of carbonyl (C=O) groups excluding carboxylic acids is 2. The molecule has 0 aliphatic carbocycles. The highest BCUT2D eigenvalue weighted by atomic mass is 16.6. The summed E-state index contributed by atoms with van der Waals surface area (Å²) in [5, 5.41) is 12.5. The molecule has 1 aromatic carbocycles. The van der Waals surface area contributed by atoms with Crippen molar-refractivity contribution in [2.24, 2.45) is 0 Å². The fraction of sp³-hybridized carbons (Fsp3) is 0.462. The zero-order chi connectivity index (χ0) is 25.0. The molecule has 8 nitrogen and oxygen atoms in total. The van der Waals surface area contributed by atoms with Crippen molar-refractivity contribution in [3.05, 3.63) is 58.4 Å². The van der Waals surface area contributed by atoms with E-state index in [-0.39, 0.29) is 18.0 Å². The zero-order valence-corrected chi connectivity index (χ0v) is 20.8. The van der Waals surface area contributed by atoms with E-state index >= 15 is 0 Å². The van der Waals surface area contributed by atoms with Gasteiger partial charge in [-0.2, -0.15) is 5.26 Å². The quantitative estimate of drug-likeness (QED) is 0.727. The van der Waals surface area contributed by atoms with Crippen LogP contribution in [-0.2, 0) is 11.3 Å². The van der Waals surface area contributed by atoms with Gasteiger partial charge in [-0.1, -0.05) is 0 Å². The third kappa shape index (κ3) is 6.33. The molecule has 8 heteroatoms. The van der Waals surface area contributed by atoms with Crippen molar-refractivity contribution in [2.45, 2.75) is 59.7 Å². The molecule has 1 aliphatic rings. The summed E-state index contributed by atoms with van der Waals surface area (Å²) in [7, 11) is 0. The number of nitriles is 1. The molecule has 0 bridgehead atoms. The number of piperazine rings is 1. The number of anilines is 1. The van der Waals surface area contributed by atoms with Crippen molar-refractivity contribution in [2.75, 3.05) is 25.0 Å². The van der Waals surface area contributed by atoms with Gasteiger partial charge in [0.05, 0.1) is 17.2 Å². The summed E-state index contributed by atoms with van der Waals surface area (Å²) in [6, 6.07) is 9.27. The molecule has 1 atom stereocenters. The Morgan fingerprint density at radius 2 is 1.97 bits per heavy atom. The molecule has 2 amide bonds. The molecule has 2 heterocycles. The number of nitrogens with zero attached hydrogens (tertiary/aromatic N) is 4. The smallest absolute Gasteiger partial charge is 0.410 e. The number of aromatic nitrogens is 1. The van der Waals surface area contributed by atoms with E-state index in [2.05, 4.69) is 21.3 Å². The number of aryl methyl sites for hydroxylation is 1. The van der Waals surface area contributed by atoms with Crippen LogP contribution in [0.15, 0.2) is 30.5 Å². The Morgan fingerprint density at radius 3 is 2.56 bits per heavy atom. The first-order valence-electron chi connectivity index (χ1n) is 11.5. The molecule has 1 fully saturated rings. The molecule has 3 rings (SSSR count). The maximum Gasteiger partial charge on any atom is 0.410 e. The summed E-state index contributed by atoms with van der Waals surface area (Å²) in [6.45, 7) is 14.0. The topological polar surface area (TPSA) is 98.6 Å². The Labute approximate surface area is 201 Å². The van der Waals surface area contributed by atoms with Crippen molar-refractivity contribution < 1.29 is 14.3 Å². The third-order valence-corrected chi connectivity index (χ3v) is 5.80. The maximum absolute atomic E-state index is 12.7. The normalized spacial score (nSPS) is 16.6. The standard InChI is InChI=1S/C26H33N5O3/c1-17-7-8-21(14-28-17)24(32)29-23-12-20(13-27)11-22(19(23)3)16-30-9-10-31(18(2)15-30)25(33)34-26(4,5)6/h7-8,11-12,14,18H,9-10,15-16H2,1-6H3,(H,29,32)/t18-/m0/s1. The van der Waals surface area contributed by atoms with Crippen molar-refractivity contribution in [1.82, 2.24) is 14.8 Å². The number of benzene rings is 1. The van der Waals surface area contributed by atoms with Gasteiger partial charge in [-0.05, 0) is 76.9 Å². The molecule has 0 saturated carbocycles. The number of hydrogen-bond acceptors (Lipinski definition) is 6. The summed E-state index contributed by atoms with van der Waals surface area (Å²) >= 11 is 0. The summed E-state index contributed by atoms with van der Waals surface area (Å²) in [4.78, 5) is 33.4. The third-order valence-electron chi connectivity index (χ3n) is 5.80. The van der Waals surface area contributed by atoms with Crippen LogP contribution in [0, 0.1) is 25.2 Å². The zero-order valence-electron chi connectivity index (χ0n) is 20.8. The monoisotopic (exact) mass is 463 g/mol. The summed E-state index contributed by atoms with van der Waals surface area (Å²) < 4.78 is 5.53. The number of hydrogen-bond donors (Lipinski definition) is 1. The minimum Gasteiger partial charge on any atom is -0.444 e. The van der Waals surface area contributed by atoms with Gasteiger partial charge in [0.2, 0.25) is 0 Å². The Balaban J connectivity index is 1.73. The highest BCUT2D eigenvalue weighted by molar-refractivity contribution is 6.04. The minimum atomic E-state index is -0.530. The van der Waals surface area contributed by atoms with Crippen LogP contribution in [-0.4, -0.2) is 58.1 Å². The lowest BCUT2D eigenvalue weighted by Gasteiger charge is -2.40. The fourth-order valence-electron chi connectivity index (χ4n) is 3.94. The molecular formula is C26H33N5O3. The van der Waals surface area contributed by atoms with Gasteiger partial charge < -0.3 is 15.0 Å². The molecule has 1 N–H and O–H groups in total. The van der Waals surface area contributed by atoms with E-state index in [1.165, 1.54) is 0 Å². The molecule has 1 saturated heterocycles. The highest BCUT2D eigenvalue weighted by Crippen LogP contribution is 2.25. The molecule has 0 unspecified atom stereocenters. The first kappa shape index (κ1) is 25.2. The molecule has 0 spiro atoms. The van der Waals surface area contributed by atoms with Gasteiger partial charge in [-0.25, -0.2) is 4.79 Å². The van der Waals surface area contributed by atoms with Crippen LogP contribution in [0.5, 0.6) is 0 Å². The first-order valence-corrected chi connectivity index (χ1v) is 11.5. The van der Waals surface area contributed by atoms with Crippen LogP contribution >= 0.6 is 0 Å². The van der Waals surface area contributed by atoms with E-state index in [0.717, 1.165) is 16.8 Å². The van der Waals surface area contributed by atoms with Crippen LogP contribution < -0.4 is 5.32 Å². The van der Waals surface area contributed by atoms with E-state index in [4.69, 9.17) is 4.74 Å². The van der Waals surface area contributed by atoms with E-state index in [1.54, 1.807) is 29.3 Å². The Bertz CT molecular complexity index is 1100. The number of amides is 2. The fourth-order valence-corrected chi connectivity index (χ4v) is 3.94. The van der Waals surface area contributed by atoms with E-state index < -0.39 is 5.60 Å². The molecule has 0 radical (unpaired) electrons. The van der Waals surface area contributed by atoms with Gasteiger partial charge in [0.1, 0.15) is 5.60 Å². The average Bonchev–Trinajstić information content (AvgIpc) is 2.75. The molecule has 1 aliphatic heterocycles. The second kappa shape index (κ2) is 10.2. The summed E-state index contributed by atoms with van der Waals surface area (Å²) in [5.41, 5.74) is 3.74. The lowest BCUT2D eigenvalue weighted by Crippen LogP contribution is -2.54. The van der Waals surface area contributed by atoms with Crippen LogP contribution in [0.1, 0.15) is 60.4 Å². The number of nitrogens with one attached hydrogen (secondary N) is 1. The maximum atomic E-state index is 12.7. The van der Waals surface area contributed by atoms with Crippen LogP contribution in [0.2, 0.25) is 0 Å². The Hall–Kier alpha value is -3.44. The molecule has 2 aromatic rings. The predicted molar refractivity (Wildman–Crippen MR) is 131 cm³/mol. The van der Waals surface area contributed by atoms with E-state index in [0.29, 0.717) is 43.0 Å². The number of rotatable bonds is 4. The minimum absolute atomic E-state index is 0.00346. The Kier molecular flexibility index (Phi) is 7.57. The lowest BCUT2D eigenvalue weighted by atomic mass is 10.0. The molecular weight excluding hydrogens is 430 g/mol. The predicted octanol–water partition coefficient (Wildman–Crippen LogP) is 4.26. The molecule has 1 aromatic heterocycles. The SMILES string of the molecule is Cc1ccc(C(=O)Nc2cc(C#N)cc(CN3CCN(C(=O)OC(C)(C)C)[C@@H](C)C3)c2C)cn1. The van der Waals surface area contributed by atoms with Gasteiger partial charge in [0, 0.05) is 49.8 Å². The second-order valence-corrected chi connectivity index (χ2v) is 9.82. The molecule has 180 valence electrons. The van der Waals surface area contributed by atoms with Crippen molar-refractivity contribution >= 4 is 17.7 Å². The number of pyridine rings is 1. The summed E-state index contributed by atoms with van der Waals surface area (Å²) in [6.07, 6.45) is 1.25. The van der Waals surface area contributed by atoms with Gasteiger partial charge in [-0.15, -0.1) is 0 Å². The van der Waals surface area contributed by atoms with Gasteiger partial charge in [0.25, 0.3) is 5.91 Å². The second-order valence-electron chi connectivity index (χ2n) is 9.82. The largest absolute Gasteiger partial charge is 0.444 e. The Morgan fingerprint density at radius 1 is 1.24 bits per heavy atom. The van der Waals surface area contributed by atoms with E-state index in [9.17, 15) is 14.9 Å². The van der Waals surface area contributed by atoms with Crippen molar-refractivity contribution in [3.63, 3.8) is 0 Å². The van der Waals surface area contributed by atoms with Gasteiger partial charge >= 0.3 is 6.09 Å². The number of carbonyl (C=O) groups is 2. The van der Waals surface area contributed by atoms with Crippen LogP contribution in [0.4, 0.5) is 10.5 Å². The van der Waals surface area contributed by atoms with Crippen LogP contribution in [0.3, 0.4) is 0 Å². The first-order chi connectivity index (χ1) is 16.0. The number of ether oxygens (including phenoxy) is 1. The lowest BCUT2D eigenvalue weighted by molar-refractivity contribution is 0.000534. The van der Waals surface area contributed by atoms with Gasteiger partial charge in [-0.3, -0.25) is 14.7 Å². The summed E-state index contributed by atoms with van der Waals surface area (Å²) in [5.74, 6) is -0.267. The highest BCUT2D eigenvalue weighted by Gasteiger charge is 2.31.